The predicted octanol–water partition coefficient (Wildman–Crippen LogP) is 4.87. The van der Waals surface area contributed by atoms with E-state index in [1.54, 1.807) is 0 Å². The highest BCUT2D eigenvalue weighted by atomic mass is 32.1. The predicted molar refractivity (Wildman–Crippen MR) is 148 cm³/mol. The average Bonchev–Trinajstić information content (AvgIpc) is 3.58. The first-order valence-electron chi connectivity index (χ1n) is 13.5. The lowest BCUT2D eigenvalue weighted by Gasteiger charge is -2.42. The van der Waals surface area contributed by atoms with Gasteiger partial charge in [0.05, 0.1) is 12.6 Å². The van der Waals surface area contributed by atoms with E-state index in [1.165, 1.54) is 27.1 Å². The second-order valence-electron chi connectivity index (χ2n) is 10.9. The van der Waals surface area contributed by atoms with Gasteiger partial charge in [-0.25, -0.2) is 0 Å². The number of rotatable bonds is 5. The van der Waals surface area contributed by atoms with E-state index < -0.39 is 0 Å². The summed E-state index contributed by atoms with van der Waals surface area (Å²) in [6.07, 6.45) is 1.93. The molecule has 0 bridgehead atoms. The van der Waals surface area contributed by atoms with Gasteiger partial charge in [-0.1, -0.05) is 60.2 Å². The van der Waals surface area contributed by atoms with Crippen LogP contribution in [-0.2, 0) is 16.0 Å². The van der Waals surface area contributed by atoms with E-state index in [1.807, 2.05) is 39.3 Å². The fraction of sp³-hybridized carbons (Fsp3) is 0.419. The van der Waals surface area contributed by atoms with Crippen LogP contribution in [0.1, 0.15) is 52.4 Å². The highest BCUT2D eigenvalue weighted by molar-refractivity contribution is 7.10. The first-order chi connectivity index (χ1) is 18.0. The Labute approximate surface area is 223 Å². The van der Waals surface area contributed by atoms with E-state index in [-0.39, 0.29) is 29.8 Å². The Hall–Kier alpha value is -2.96. The lowest BCUT2D eigenvalue weighted by Crippen LogP contribution is -2.57. The number of carbonyl (C=O) groups is 2. The van der Waals surface area contributed by atoms with E-state index in [0.29, 0.717) is 32.1 Å². The van der Waals surface area contributed by atoms with Gasteiger partial charge in [0, 0.05) is 43.0 Å². The molecule has 3 heterocycles. The van der Waals surface area contributed by atoms with Gasteiger partial charge in [0.2, 0.25) is 11.8 Å². The molecule has 1 aromatic heterocycles. The zero-order valence-electron chi connectivity index (χ0n) is 21.7. The first kappa shape index (κ1) is 24.4. The Morgan fingerprint density at radius 1 is 0.946 bits per heavy atom. The normalized spacial score (nSPS) is 25.6. The fourth-order valence-electron chi connectivity index (χ4n) is 6.21. The van der Waals surface area contributed by atoms with Gasteiger partial charge < -0.3 is 9.80 Å². The number of carbonyl (C=O) groups excluding carboxylic acids is 2. The van der Waals surface area contributed by atoms with Gasteiger partial charge in [-0.05, 0) is 60.7 Å². The summed E-state index contributed by atoms with van der Waals surface area (Å²) in [5, 5.41) is 2.18. The number of nitrogens with zero attached hydrogens (tertiary/aromatic N) is 3. The van der Waals surface area contributed by atoms with Crippen molar-refractivity contribution in [2.24, 2.45) is 5.92 Å². The van der Waals surface area contributed by atoms with Crippen molar-refractivity contribution in [1.82, 2.24) is 14.7 Å². The minimum absolute atomic E-state index is 0.0416. The zero-order valence-corrected chi connectivity index (χ0v) is 22.5. The van der Waals surface area contributed by atoms with Gasteiger partial charge >= 0.3 is 0 Å². The van der Waals surface area contributed by atoms with Crippen LogP contribution < -0.4 is 0 Å². The van der Waals surface area contributed by atoms with Crippen LogP contribution in [0.2, 0.25) is 0 Å². The molecule has 3 aromatic rings. The molecular weight excluding hydrogens is 478 g/mol. The molecule has 37 heavy (non-hydrogen) atoms. The van der Waals surface area contributed by atoms with E-state index in [9.17, 15) is 9.59 Å². The Kier molecular flexibility index (Phi) is 6.63. The quantitative estimate of drug-likeness (QED) is 0.489. The largest absolute Gasteiger partial charge is 0.338 e. The minimum atomic E-state index is 0.0416. The van der Waals surface area contributed by atoms with Crippen molar-refractivity contribution < 1.29 is 9.59 Å². The summed E-state index contributed by atoms with van der Waals surface area (Å²) in [5.74, 6) is 0.869. The van der Waals surface area contributed by atoms with Gasteiger partial charge in [-0.15, -0.1) is 11.3 Å². The van der Waals surface area contributed by atoms with E-state index >= 15 is 0 Å². The van der Waals surface area contributed by atoms with Crippen molar-refractivity contribution in [2.75, 3.05) is 32.7 Å². The Bertz CT molecular complexity index is 1270. The molecule has 2 aromatic carbocycles. The lowest BCUT2D eigenvalue weighted by molar-refractivity contribution is -0.144. The smallest absolute Gasteiger partial charge is 0.236 e. The van der Waals surface area contributed by atoms with Crippen LogP contribution in [0.25, 0.3) is 0 Å². The highest BCUT2D eigenvalue weighted by Gasteiger charge is 2.47. The molecule has 1 saturated heterocycles. The van der Waals surface area contributed by atoms with Gasteiger partial charge in [0.15, 0.2) is 0 Å². The molecule has 6 rings (SSSR count). The Morgan fingerprint density at radius 2 is 1.73 bits per heavy atom. The number of amides is 2. The molecule has 2 amide bonds. The Morgan fingerprint density at radius 3 is 2.49 bits per heavy atom. The molecule has 192 valence electrons. The molecule has 0 spiro atoms. The van der Waals surface area contributed by atoms with Crippen molar-refractivity contribution in [3.8, 4) is 0 Å². The summed E-state index contributed by atoms with van der Waals surface area (Å²) in [7, 11) is 0. The highest BCUT2D eigenvalue weighted by Crippen LogP contribution is 2.48. The molecule has 4 atom stereocenters. The molecule has 5 nitrogen and oxygen atoms in total. The van der Waals surface area contributed by atoms with Crippen LogP contribution in [0.5, 0.6) is 0 Å². The van der Waals surface area contributed by atoms with Crippen LogP contribution in [0.15, 0.2) is 66.0 Å². The number of hydrogen-bond acceptors (Lipinski definition) is 4. The van der Waals surface area contributed by atoms with E-state index in [4.69, 9.17) is 0 Å². The third-order valence-electron chi connectivity index (χ3n) is 8.40. The average molecular weight is 514 g/mol. The molecule has 3 aliphatic rings. The van der Waals surface area contributed by atoms with Crippen molar-refractivity contribution >= 4 is 23.2 Å². The maximum Gasteiger partial charge on any atom is 0.236 e. The zero-order chi connectivity index (χ0) is 25.5. The summed E-state index contributed by atoms with van der Waals surface area (Å²) in [6.45, 7) is 7.34. The number of benzene rings is 2. The van der Waals surface area contributed by atoms with Crippen molar-refractivity contribution in [1.29, 1.82) is 0 Å². The topological polar surface area (TPSA) is 43.9 Å². The van der Waals surface area contributed by atoms with E-state index in [2.05, 4.69) is 66.6 Å². The molecule has 0 radical (unpaired) electrons. The van der Waals surface area contributed by atoms with Crippen LogP contribution >= 0.6 is 11.3 Å². The SMILES string of the molecule is Cc1ccc([C@@H]2c3ccsc3CCN2CC(=O)N2CCN(C(=O)[C@@H]3C[C@H]3c3ccccc3)[C@@H](C)C2)cc1. The number of thiophene rings is 1. The maximum absolute atomic E-state index is 13.5. The van der Waals surface area contributed by atoms with Crippen LogP contribution in [0, 0.1) is 12.8 Å². The van der Waals surface area contributed by atoms with Gasteiger partial charge in [-0.2, -0.15) is 0 Å². The van der Waals surface area contributed by atoms with Gasteiger partial charge in [-0.3, -0.25) is 14.5 Å². The summed E-state index contributed by atoms with van der Waals surface area (Å²) in [6, 6.07) is 21.5. The molecule has 1 aliphatic carbocycles. The molecular formula is C31H35N3O2S. The second-order valence-corrected chi connectivity index (χ2v) is 11.9. The number of hydrogen-bond donors (Lipinski definition) is 0. The van der Waals surface area contributed by atoms with Crippen LogP contribution in [0.4, 0.5) is 0 Å². The molecule has 2 fully saturated rings. The fourth-order valence-corrected chi connectivity index (χ4v) is 7.12. The maximum atomic E-state index is 13.5. The Balaban J connectivity index is 1.10. The molecule has 0 unspecified atom stereocenters. The van der Waals surface area contributed by atoms with Crippen LogP contribution in [-0.4, -0.2) is 65.3 Å². The summed E-state index contributed by atoms with van der Waals surface area (Å²) in [4.78, 5) is 34.6. The molecule has 1 saturated carbocycles. The monoisotopic (exact) mass is 513 g/mol. The molecule has 0 N–H and O–H groups in total. The summed E-state index contributed by atoms with van der Waals surface area (Å²) >= 11 is 1.83. The van der Waals surface area contributed by atoms with Crippen molar-refractivity contribution in [3.63, 3.8) is 0 Å². The third kappa shape index (κ3) is 4.85. The van der Waals surface area contributed by atoms with Crippen LogP contribution in [0.3, 0.4) is 0 Å². The first-order valence-corrected chi connectivity index (χ1v) is 14.4. The molecule has 2 aliphatic heterocycles. The standard InChI is InChI=1S/C31H35N3O2S/c1-21-8-10-24(11-9-21)30-25-13-17-37-28(25)12-14-33(30)20-29(35)32-15-16-34(22(2)19-32)31(36)27-18-26(27)23-6-4-3-5-7-23/h3-11,13,17,22,26-27,30H,12,14-16,18-20H2,1-2H3/t22-,26-,27+,30+/m0/s1. The lowest BCUT2D eigenvalue weighted by atomic mass is 9.92. The van der Waals surface area contributed by atoms with Gasteiger partial charge in [0.1, 0.15) is 0 Å². The third-order valence-corrected chi connectivity index (χ3v) is 9.39. The molecule has 6 heteroatoms. The summed E-state index contributed by atoms with van der Waals surface area (Å²) in [5.41, 5.74) is 5.10. The van der Waals surface area contributed by atoms with Crippen molar-refractivity contribution in [2.45, 2.75) is 44.7 Å². The van der Waals surface area contributed by atoms with E-state index in [0.717, 1.165) is 19.4 Å². The minimum Gasteiger partial charge on any atom is -0.338 e. The van der Waals surface area contributed by atoms with Crippen molar-refractivity contribution in [3.05, 3.63) is 93.2 Å². The second kappa shape index (κ2) is 10.1. The van der Waals surface area contributed by atoms with Gasteiger partial charge in [0.25, 0.3) is 0 Å². The summed E-state index contributed by atoms with van der Waals surface area (Å²) < 4.78 is 0. The number of piperazine rings is 1. The number of aryl methyl sites for hydroxylation is 1. The number of fused-ring (bicyclic) bond motifs is 1.